The first kappa shape index (κ1) is 25.6. The number of non-ortho nitro benzene ring substituents is 1. The summed E-state index contributed by atoms with van der Waals surface area (Å²) in [5.74, 6) is -0.499. The predicted molar refractivity (Wildman–Crippen MR) is 128 cm³/mol. The summed E-state index contributed by atoms with van der Waals surface area (Å²) < 4.78 is 28.0. The van der Waals surface area contributed by atoms with Gasteiger partial charge >= 0.3 is 0 Å². The van der Waals surface area contributed by atoms with E-state index in [4.69, 9.17) is 0 Å². The maximum absolute atomic E-state index is 12.9. The van der Waals surface area contributed by atoms with Gasteiger partial charge in [0, 0.05) is 44.0 Å². The SMILES string of the molecule is CC(C)(C)c1ccc(S(=O)(=O)NC(CO)C(=O)N2CCN(c3ccc([N+](=O)[O-])cc3)CC2)cc1. The van der Waals surface area contributed by atoms with E-state index in [1.54, 1.807) is 24.3 Å². The van der Waals surface area contributed by atoms with Crippen LogP contribution < -0.4 is 9.62 Å². The lowest BCUT2D eigenvalue weighted by molar-refractivity contribution is -0.384. The summed E-state index contributed by atoms with van der Waals surface area (Å²) in [6.07, 6.45) is 0. The molecule has 1 heterocycles. The van der Waals surface area contributed by atoms with E-state index in [0.29, 0.717) is 26.2 Å². The molecule has 10 nitrogen and oxygen atoms in total. The molecule has 2 N–H and O–H groups in total. The lowest BCUT2D eigenvalue weighted by Crippen LogP contribution is -2.56. The Morgan fingerprint density at radius 3 is 2.09 bits per heavy atom. The standard InChI is InChI=1S/C23H30N4O6S/c1-23(2,3)17-4-10-20(11-5-17)34(32,33)24-21(16-28)22(29)26-14-12-25(13-15-26)18-6-8-19(9-7-18)27(30)31/h4-11,21,24,28H,12-16H2,1-3H3. The molecule has 2 aromatic carbocycles. The summed E-state index contributed by atoms with van der Waals surface area (Å²) >= 11 is 0. The number of hydrogen-bond donors (Lipinski definition) is 2. The van der Waals surface area contributed by atoms with Crippen molar-refractivity contribution in [2.75, 3.05) is 37.7 Å². The number of carbonyl (C=O) groups excluding carboxylic acids is 1. The van der Waals surface area contributed by atoms with Gasteiger partial charge in [0.05, 0.1) is 16.4 Å². The van der Waals surface area contributed by atoms with E-state index in [1.165, 1.54) is 29.2 Å². The third kappa shape index (κ3) is 5.91. The number of nitrogens with one attached hydrogen (secondary N) is 1. The molecule has 0 aromatic heterocycles. The first-order valence-corrected chi connectivity index (χ1v) is 12.4. The molecule has 1 aliphatic rings. The van der Waals surface area contributed by atoms with Gasteiger partial charge in [-0.15, -0.1) is 0 Å². The third-order valence-electron chi connectivity index (χ3n) is 5.83. The normalized spacial score (nSPS) is 15.8. The number of sulfonamides is 1. The van der Waals surface area contributed by atoms with Crippen molar-refractivity contribution in [1.82, 2.24) is 9.62 Å². The van der Waals surface area contributed by atoms with Crippen molar-refractivity contribution in [3.63, 3.8) is 0 Å². The number of piperazine rings is 1. The van der Waals surface area contributed by atoms with Crippen molar-refractivity contribution in [2.24, 2.45) is 0 Å². The minimum atomic E-state index is -4.01. The first-order valence-electron chi connectivity index (χ1n) is 10.9. The zero-order valence-electron chi connectivity index (χ0n) is 19.5. The van der Waals surface area contributed by atoms with E-state index >= 15 is 0 Å². The van der Waals surface area contributed by atoms with Crippen molar-refractivity contribution >= 4 is 27.3 Å². The molecule has 184 valence electrons. The zero-order valence-corrected chi connectivity index (χ0v) is 20.3. The van der Waals surface area contributed by atoms with E-state index < -0.39 is 33.5 Å². The van der Waals surface area contributed by atoms with Crippen molar-refractivity contribution in [3.8, 4) is 0 Å². The molecule has 1 fully saturated rings. The van der Waals surface area contributed by atoms with Crippen LogP contribution in [0.15, 0.2) is 53.4 Å². The number of benzene rings is 2. The second-order valence-electron chi connectivity index (χ2n) is 9.22. The number of nitro benzene ring substituents is 1. The second kappa shape index (κ2) is 10.1. The maximum Gasteiger partial charge on any atom is 0.269 e. The van der Waals surface area contributed by atoms with Crippen LogP contribution in [0.5, 0.6) is 0 Å². The molecule has 1 amide bonds. The summed E-state index contributed by atoms with van der Waals surface area (Å²) in [5, 5.41) is 20.6. The summed E-state index contributed by atoms with van der Waals surface area (Å²) in [6, 6.07) is 11.3. The highest BCUT2D eigenvalue weighted by Gasteiger charge is 2.31. The molecule has 1 saturated heterocycles. The molecule has 1 aliphatic heterocycles. The molecular formula is C23H30N4O6S. The van der Waals surface area contributed by atoms with Gasteiger partial charge < -0.3 is 14.9 Å². The molecule has 1 atom stereocenters. The topological polar surface area (TPSA) is 133 Å². The smallest absolute Gasteiger partial charge is 0.269 e. The number of rotatable bonds is 7. The van der Waals surface area contributed by atoms with Gasteiger partial charge in [0.25, 0.3) is 5.69 Å². The van der Waals surface area contributed by atoms with E-state index in [1.807, 2.05) is 25.7 Å². The summed E-state index contributed by atoms with van der Waals surface area (Å²) in [4.78, 5) is 26.8. The third-order valence-corrected chi connectivity index (χ3v) is 7.31. The van der Waals surface area contributed by atoms with Crippen molar-refractivity contribution in [3.05, 3.63) is 64.2 Å². The van der Waals surface area contributed by atoms with E-state index in [2.05, 4.69) is 4.72 Å². The van der Waals surface area contributed by atoms with Crippen LogP contribution in [0.25, 0.3) is 0 Å². The molecule has 0 spiro atoms. The van der Waals surface area contributed by atoms with Crippen LogP contribution in [0.3, 0.4) is 0 Å². The van der Waals surface area contributed by atoms with Crippen LogP contribution in [0.2, 0.25) is 0 Å². The van der Waals surface area contributed by atoms with Gasteiger partial charge in [-0.25, -0.2) is 8.42 Å². The summed E-state index contributed by atoms with van der Waals surface area (Å²) in [6.45, 7) is 7.01. The Morgan fingerprint density at radius 2 is 1.62 bits per heavy atom. The quantitative estimate of drug-likeness (QED) is 0.447. The van der Waals surface area contributed by atoms with Crippen LogP contribution in [-0.4, -0.2) is 68.1 Å². The number of carbonyl (C=O) groups is 1. The Hall–Kier alpha value is -3.02. The van der Waals surface area contributed by atoms with Gasteiger partial charge in [-0.05, 0) is 35.2 Å². The van der Waals surface area contributed by atoms with Gasteiger partial charge in [-0.2, -0.15) is 4.72 Å². The predicted octanol–water partition coefficient (Wildman–Crippen LogP) is 1.88. The van der Waals surface area contributed by atoms with Gasteiger partial charge in [0.15, 0.2) is 0 Å². The number of nitro groups is 1. The highest BCUT2D eigenvalue weighted by molar-refractivity contribution is 7.89. The number of aliphatic hydroxyl groups is 1. The van der Waals surface area contributed by atoms with Crippen molar-refractivity contribution < 1.29 is 23.2 Å². The molecule has 1 unspecified atom stereocenters. The number of hydrogen-bond acceptors (Lipinski definition) is 7. The molecule has 34 heavy (non-hydrogen) atoms. The minimum Gasteiger partial charge on any atom is -0.394 e. The Bertz CT molecular complexity index is 1120. The Balaban J connectivity index is 1.62. The Morgan fingerprint density at radius 1 is 1.06 bits per heavy atom. The highest BCUT2D eigenvalue weighted by atomic mass is 32.2. The molecule has 0 saturated carbocycles. The monoisotopic (exact) mass is 490 g/mol. The molecule has 3 rings (SSSR count). The average Bonchev–Trinajstić information content (AvgIpc) is 2.82. The van der Waals surface area contributed by atoms with Crippen LogP contribution in [0.4, 0.5) is 11.4 Å². The van der Waals surface area contributed by atoms with Crippen LogP contribution in [-0.2, 0) is 20.2 Å². The van der Waals surface area contributed by atoms with Crippen molar-refractivity contribution in [1.29, 1.82) is 0 Å². The number of anilines is 1. The van der Waals surface area contributed by atoms with E-state index in [0.717, 1.165) is 11.3 Å². The molecule has 0 aliphatic carbocycles. The van der Waals surface area contributed by atoms with E-state index in [-0.39, 0.29) is 16.0 Å². The van der Waals surface area contributed by atoms with Crippen LogP contribution >= 0.6 is 0 Å². The number of aliphatic hydroxyl groups excluding tert-OH is 1. The van der Waals surface area contributed by atoms with Gasteiger partial charge in [0.2, 0.25) is 15.9 Å². The lowest BCUT2D eigenvalue weighted by Gasteiger charge is -2.37. The fourth-order valence-corrected chi connectivity index (χ4v) is 4.93. The average molecular weight is 491 g/mol. The maximum atomic E-state index is 12.9. The first-order chi connectivity index (χ1) is 15.9. The highest BCUT2D eigenvalue weighted by Crippen LogP contribution is 2.24. The molecule has 0 bridgehead atoms. The van der Waals surface area contributed by atoms with Gasteiger partial charge in [0.1, 0.15) is 6.04 Å². The molecule has 11 heteroatoms. The Labute approximate surface area is 199 Å². The van der Waals surface area contributed by atoms with E-state index in [9.17, 15) is 28.4 Å². The number of amides is 1. The van der Waals surface area contributed by atoms with Gasteiger partial charge in [-0.1, -0.05) is 32.9 Å². The minimum absolute atomic E-state index is 0.00341. The fraction of sp³-hybridized carbons (Fsp3) is 0.435. The number of nitrogens with zero attached hydrogens (tertiary/aromatic N) is 3. The van der Waals surface area contributed by atoms with Crippen LogP contribution in [0, 0.1) is 10.1 Å². The van der Waals surface area contributed by atoms with Crippen molar-refractivity contribution in [2.45, 2.75) is 37.1 Å². The largest absolute Gasteiger partial charge is 0.394 e. The summed E-state index contributed by atoms with van der Waals surface area (Å²) in [7, 11) is -4.01. The van der Waals surface area contributed by atoms with Gasteiger partial charge in [-0.3, -0.25) is 14.9 Å². The fourth-order valence-electron chi connectivity index (χ4n) is 3.75. The molecule has 0 radical (unpaired) electrons. The Kier molecular flexibility index (Phi) is 7.59. The van der Waals surface area contributed by atoms with Crippen LogP contribution in [0.1, 0.15) is 26.3 Å². The summed E-state index contributed by atoms with van der Waals surface area (Å²) in [5.41, 5.74) is 1.65. The zero-order chi connectivity index (χ0) is 25.1. The molecule has 2 aromatic rings. The molecular weight excluding hydrogens is 460 g/mol. The lowest BCUT2D eigenvalue weighted by atomic mass is 9.87. The second-order valence-corrected chi connectivity index (χ2v) is 10.9.